The molecule has 2 aromatic rings. The number of aliphatic hydroxyl groups is 2. The molecule has 0 spiro atoms. The third kappa shape index (κ3) is 2.55. The molecule has 2 heteroatoms. The van der Waals surface area contributed by atoms with Crippen molar-refractivity contribution in [1.29, 1.82) is 0 Å². The van der Waals surface area contributed by atoms with Gasteiger partial charge in [0.25, 0.3) is 0 Å². The summed E-state index contributed by atoms with van der Waals surface area (Å²) in [5.41, 5.74) is 3.47. The van der Waals surface area contributed by atoms with Gasteiger partial charge in [-0.3, -0.25) is 0 Å². The van der Waals surface area contributed by atoms with Gasteiger partial charge >= 0.3 is 0 Å². The van der Waals surface area contributed by atoms with E-state index in [1.54, 1.807) is 0 Å². The summed E-state index contributed by atoms with van der Waals surface area (Å²) in [7, 11) is 0. The summed E-state index contributed by atoms with van der Waals surface area (Å²) >= 11 is 0. The van der Waals surface area contributed by atoms with Crippen LogP contribution < -0.4 is 0 Å². The fourth-order valence-electron chi connectivity index (χ4n) is 2.33. The molecule has 0 aliphatic carbocycles. The summed E-state index contributed by atoms with van der Waals surface area (Å²) in [6, 6.07) is 15.9. The van der Waals surface area contributed by atoms with E-state index in [1.807, 2.05) is 62.4 Å². The second-order valence-corrected chi connectivity index (χ2v) is 5.13. The second-order valence-electron chi connectivity index (χ2n) is 5.13. The van der Waals surface area contributed by atoms with Crippen LogP contribution in [0.25, 0.3) is 0 Å². The van der Waals surface area contributed by atoms with Crippen LogP contribution in [0.5, 0.6) is 0 Å². The lowest BCUT2D eigenvalue weighted by atomic mass is 9.75. The minimum absolute atomic E-state index is 0.115. The molecule has 0 aliphatic heterocycles. The Kier molecular flexibility index (Phi) is 4.03. The van der Waals surface area contributed by atoms with E-state index in [2.05, 4.69) is 0 Å². The molecule has 0 radical (unpaired) electrons. The highest BCUT2D eigenvalue weighted by Crippen LogP contribution is 2.32. The first-order valence-electron chi connectivity index (χ1n) is 6.48. The fourth-order valence-corrected chi connectivity index (χ4v) is 2.33. The molecule has 100 valence electrons. The SMILES string of the molecule is Cc1ccc(C(CO)(CO)c2ccc(C)cc2)cc1. The van der Waals surface area contributed by atoms with Crippen LogP contribution in [0.2, 0.25) is 0 Å². The Labute approximate surface area is 114 Å². The summed E-state index contributed by atoms with van der Waals surface area (Å²) in [6.45, 7) is 3.82. The molecule has 0 fully saturated rings. The lowest BCUT2D eigenvalue weighted by Crippen LogP contribution is -2.36. The molecule has 0 amide bonds. The topological polar surface area (TPSA) is 40.5 Å². The largest absolute Gasteiger partial charge is 0.395 e. The molecule has 0 aromatic heterocycles. The maximum Gasteiger partial charge on any atom is 0.0664 e. The van der Waals surface area contributed by atoms with Gasteiger partial charge in [0.05, 0.1) is 18.6 Å². The third-order valence-corrected chi connectivity index (χ3v) is 3.75. The van der Waals surface area contributed by atoms with Crippen molar-refractivity contribution in [2.75, 3.05) is 13.2 Å². The summed E-state index contributed by atoms with van der Waals surface area (Å²) in [6.07, 6.45) is 0. The van der Waals surface area contributed by atoms with E-state index in [0.29, 0.717) is 0 Å². The molecular weight excluding hydrogens is 236 g/mol. The van der Waals surface area contributed by atoms with Gasteiger partial charge in [0, 0.05) is 0 Å². The van der Waals surface area contributed by atoms with Crippen LogP contribution in [0.15, 0.2) is 48.5 Å². The highest BCUT2D eigenvalue weighted by atomic mass is 16.3. The lowest BCUT2D eigenvalue weighted by Gasteiger charge is -2.31. The maximum atomic E-state index is 9.86. The van der Waals surface area contributed by atoms with Gasteiger partial charge in [-0.25, -0.2) is 0 Å². The van der Waals surface area contributed by atoms with Gasteiger partial charge in [-0.05, 0) is 25.0 Å². The average Bonchev–Trinajstić information content (AvgIpc) is 2.44. The molecule has 0 saturated heterocycles. The second kappa shape index (κ2) is 5.55. The first-order chi connectivity index (χ1) is 9.12. The number of benzene rings is 2. The Balaban J connectivity index is 2.53. The van der Waals surface area contributed by atoms with Crippen LogP contribution in [-0.2, 0) is 5.41 Å². The van der Waals surface area contributed by atoms with Crippen LogP contribution in [-0.4, -0.2) is 23.4 Å². The highest BCUT2D eigenvalue weighted by molar-refractivity contribution is 5.41. The van der Waals surface area contributed by atoms with Crippen molar-refractivity contribution in [3.05, 3.63) is 70.8 Å². The molecule has 0 heterocycles. The quantitative estimate of drug-likeness (QED) is 0.882. The summed E-state index contributed by atoms with van der Waals surface area (Å²) in [5, 5.41) is 19.7. The molecular formula is C17H20O2. The summed E-state index contributed by atoms with van der Waals surface area (Å²) < 4.78 is 0. The predicted molar refractivity (Wildman–Crippen MR) is 77.3 cm³/mol. The van der Waals surface area contributed by atoms with Crippen molar-refractivity contribution in [2.24, 2.45) is 0 Å². The normalized spacial score (nSPS) is 11.6. The Morgan fingerprint density at radius 3 is 1.26 bits per heavy atom. The molecule has 2 N–H and O–H groups in total. The van der Waals surface area contributed by atoms with Crippen molar-refractivity contribution < 1.29 is 10.2 Å². The van der Waals surface area contributed by atoms with Gasteiger partial charge in [-0.2, -0.15) is 0 Å². The standard InChI is InChI=1S/C17H20O2/c1-13-3-7-15(8-4-13)17(11-18,12-19)16-9-5-14(2)6-10-16/h3-10,18-19H,11-12H2,1-2H3. The smallest absolute Gasteiger partial charge is 0.0664 e. The van der Waals surface area contributed by atoms with Gasteiger partial charge < -0.3 is 10.2 Å². The number of hydrogen-bond donors (Lipinski definition) is 2. The monoisotopic (exact) mass is 256 g/mol. The van der Waals surface area contributed by atoms with E-state index in [1.165, 1.54) is 0 Å². The Morgan fingerprint density at radius 1 is 0.684 bits per heavy atom. The zero-order valence-electron chi connectivity index (χ0n) is 11.4. The number of rotatable bonds is 4. The third-order valence-electron chi connectivity index (χ3n) is 3.75. The highest BCUT2D eigenvalue weighted by Gasteiger charge is 2.32. The number of hydrogen-bond acceptors (Lipinski definition) is 2. The van der Waals surface area contributed by atoms with E-state index >= 15 is 0 Å². The minimum Gasteiger partial charge on any atom is -0.395 e. The van der Waals surface area contributed by atoms with Gasteiger partial charge in [0.1, 0.15) is 0 Å². The van der Waals surface area contributed by atoms with Crippen LogP contribution in [0.3, 0.4) is 0 Å². The van der Waals surface area contributed by atoms with E-state index in [9.17, 15) is 10.2 Å². The Bertz CT molecular complexity index is 475. The van der Waals surface area contributed by atoms with E-state index in [4.69, 9.17) is 0 Å². The van der Waals surface area contributed by atoms with Gasteiger partial charge in [-0.1, -0.05) is 59.7 Å². The van der Waals surface area contributed by atoms with Crippen LogP contribution in [0.1, 0.15) is 22.3 Å². The van der Waals surface area contributed by atoms with E-state index in [-0.39, 0.29) is 13.2 Å². The molecule has 0 aliphatic rings. The Morgan fingerprint density at radius 2 is 1.00 bits per heavy atom. The zero-order valence-corrected chi connectivity index (χ0v) is 11.4. The lowest BCUT2D eigenvalue weighted by molar-refractivity contribution is 0.143. The summed E-state index contributed by atoms with van der Waals surface area (Å²) in [4.78, 5) is 0. The average molecular weight is 256 g/mol. The molecule has 2 rings (SSSR count). The zero-order chi connectivity index (χ0) is 13.9. The molecule has 19 heavy (non-hydrogen) atoms. The van der Waals surface area contributed by atoms with E-state index < -0.39 is 5.41 Å². The van der Waals surface area contributed by atoms with Crippen molar-refractivity contribution in [3.8, 4) is 0 Å². The molecule has 0 saturated carbocycles. The number of aliphatic hydroxyl groups excluding tert-OH is 2. The molecule has 0 atom stereocenters. The van der Waals surface area contributed by atoms with Crippen molar-refractivity contribution in [2.45, 2.75) is 19.3 Å². The predicted octanol–water partition coefficient (Wildman–Crippen LogP) is 2.57. The van der Waals surface area contributed by atoms with Crippen LogP contribution >= 0.6 is 0 Å². The summed E-state index contributed by atoms with van der Waals surface area (Å²) in [5.74, 6) is 0. The Hall–Kier alpha value is -1.64. The molecule has 0 unspecified atom stereocenters. The van der Waals surface area contributed by atoms with Crippen LogP contribution in [0.4, 0.5) is 0 Å². The van der Waals surface area contributed by atoms with Crippen LogP contribution in [0, 0.1) is 13.8 Å². The van der Waals surface area contributed by atoms with Gasteiger partial charge in [0.2, 0.25) is 0 Å². The van der Waals surface area contributed by atoms with Crippen molar-refractivity contribution in [1.82, 2.24) is 0 Å². The van der Waals surface area contributed by atoms with E-state index in [0.717, 1.165) is 22.3 Å². The minimum atomic E-state index is -0.735. The first kappa shape index (κ1) is 13.8. The first-order valence-corrected chi connectivity index (χ1v) is 6.48. The molecule has 2 aromatic carbocycles. The fraction of sp³-hybridized carbons (Fsp3) is 0.294. The van der Waals surface area contributed by atoms with Crippen molar-refractivity contribution in [3.63, 3.8) is 0 Å². The van der Waals surface area contributed by atoms with Gasteiger partial charge in [0.15, 0.2) is 0 Å². The van der Waals surface area contributed by atoms with Gasteiger partial charge in [-0.15, -0.1) is 0 Å². The molecule has 0 bridgehead atoms. The maximum absolute atomic E-state index is 9.86. The van der Waals surface area contributed by atoms with Crippen molar-refractivity contribution >= 4 is 0 Å². The molecule has 2 nitrogen and oxygen atoms in total. The number of aryl methyl sites for hydroxylation is 2.